The Labute approximate surface area is 434 Å². The van der Waals surface area contributed by atoms with E-state index in [9.17, 15) is 19.0 Å². The lowest BCUT2D eigenvalue weighted by molar-refractivity contribution is -0.870. The summed E-state index contributed by atoms with van der Waals surface area (Å²) in [7, 11) is 1.19. The Morgan fingerprint density at radius 2 is 0.871 bits per heavy atom. The maximum atomic E-state index is 13.5. The first-order valence-electron chi connectivity index (χ1n) is 29.8. The summed E-state index contributed by atoms with van der Waals surface area (Å²) in [5, 5.41) is 3.02. The van der Waals surface area contributed by atoms with Crippen LogP contribution in [-0.2, 0) is 27.9 Å². The zero-order valence-corrected chi connectivity index (χ0v) is 47.9. The van der Waals surface area contributed by atoms with Crippen molar-refractivity contribution in [2.45, 2.75) is 296 Å². The molecule has 0 spiro atoms. The second-order valence-corrected chi connectivity index (χ2v) is 22.9. The number of hydrogen-bond acceptors (Lipinski definition) is 7. The van der Waals surface area contributed by atoms with E-state index >= 15 is 0 Å². The highest BCUT2D eigenvalue weighted by Gasteiger charge is 2.27. The normalized spacial score (nSPS) is 14.0. The fourth-order valence-corrected chi connectivity index (χ4v) is 9.39. The summed E-state index contributed by atoms with van der Waals surface area (Å²) in [4.78, 5) is 39.9. The monoisotopic (exact) mass is 1010 g/mol. The van der Waals surface area contributed by atoms with Gasteiger partial charge in [0.2, 0.25) is 5.91 Å². The van der Waals surface area contributed by atoms with Gasteiger partial charge in [0.05, 0.1) is 33.8 Å². The average molecular weight is 1010 g/mol. The molecule has 0 fully saturated rings. The average Bonchev–Trinajstić information content (AvgIpc) is 3.32. The molecule has 412 valence electrons. The number of unbranched alkanes of at least 4 members (excludes halogenated alkanes) is 34. The smallest absolute Gasteiger partial charge is 0.306 e. The number of phosphoric acid groups is 1. The van der Waals surface area contributed by atoms with Crippen LogP contribution in [0.4, 0.5) is 0 Å². The van der Waals surface area contributed by atoms with Crippen molar-refractivity contribution in [3.8, 4) is 0 Å². The molecule has 10 heteroatoms. The topological polar surface area (TPSA) is 114 Å². The number of hydrogen-bond donors (Lipinski definition) is 1. The van der Waals surface area contributed by atoms with Crippen LogP contribution in [0.3, 0.4) is 0 Å². The largest absolute Gasteiger partial charge is 0.756 e. The van der Waals surface area contributed by atoms with Gasteiger partial charge in [-0.3, -0.25) is 14.2 Å². The molecule has 0 aliphatic rings. The van der Waals surface area contributed by atoms with E-state index < -0.39 is 20.0 Å². The molecule has 1 N–H and O–H groups in total. The molecule has 0 aliphatic heterocycles. The maximum Gasteiger partial charge on any atom is 0.306 e. The lowest BCUT2D eigenvalue weighted by Crippen LogP contribution is -2.47. The van der Waals surface area contributed by atoms with Gasteiger partial charge in [-0.15, -0.1) is 0 Å². The zero-order valence-electron chi connectivity index (χ0n) is 47.0. The minimum atomic E-state index is -4.69. The molecular formula is C60H115N2O7P. The van der Waals surface area contributed by atoms with Gasteiger partial charge in [0.15, 0.2) is 0 Å². The van der Waals surface area contributed by atoms with Crippen molar-refractivity contribution in [1.82, 2.24) is 5.32 Å². The van der Waals surface area contributed by atoms with Crippen molar-refractivity contribution in [3.63, 3.8) is 0 Å². The molecule has 0 rings (SSSR count). The summed E-state index contributed by atoms with van der Waals surface area (Å²) in [6, 6.07) is -0.887. The molecule has 3 unspecified atom stereocenters. The van der Waals surface area contributed by atoms with E-state index in [2.05, 4.69) is 50.4 Å². The lowest BCUT2D eigenvalue weighted by atomic mass is 10.0. The number of quaternary nitrogens is 1. The van der Waals surface area contributed by atoms with Gasteiger partial charge in [-0.25, -0.2) is 0 Å². The Hall–Kier alpha value is -1.77. The molecule has 70 heavy (non-hydrogen) atoms. The highest BCUT2D eigenvalue weighted by Crippen LogP contribution is 2.38. The highest BCUT2D eigenvalue weighted by atomic mass is 31.2. The predicted octanol–water partition coefficient (Wildman–Crippen LogP) is 17.3. The van der Waals surface area contributed by atoms with Crippen molar-refractivity contribution in [2.24, 2.45) is 0 Å². The number of ether oxygens (including phenoxy) is 1. The second kappa shape index (κ2) is 50.7. The van der Waals surface area contributed by atoms with E-state index in [1.165, 1.54) is 173 Å². The first kappa shape index (κ1) is 68.2. The number of nitrogens with one attached hydrogen (secondary N) is 1. The third-order valence-corrected chi connectivity index (χ3v) is 14.3. The minimum absolute atomic E-state index is 0.0219. The van der Waals surface area contributed by atoms with Gasteiger partial charge >= 0.3 is 5.97 Å². The third kappa shape index (κ3) is 51.1. The Bertz CT molecular complexity index is 1300. The summed E-state index contributed by atoms with van der Waals surface area (Å²) in [6.07, 6.45) is 59.5. The fourth-order valence-electron chi connectivity index (χ4n) is 8.67. The number of rotatable bonds is 54. The van der Waals surface area contributed by atoms with Crippen LogP contribution in [0, 0.1) is 0 Å². The molecule has 0 aliphatic carbocycles. The van der Waals surface area contributed by atoms with Gasteiger partial charge in [-0.05, 0) is 63.9 Å². The first-order chi connectivity index (χ1) is 33.9. The summed E-state index contributed by atoms with van der Waals surface area (Å²) in [5.74, 6) is -0.539. The van der Waals surface area contributed by atoms with Crippen molar-refractivity contribution >= 4 is 19.7 Å². The molecule has 0 aromatic rings. The Kier molecular flexibility index (Phi) is 49.5. The van der Waals surface area contributed by atoms with Gasteiger partial charge in [-0.1, -0.05) is 244 Å². The SMILES string of the molecule is CCCCC/C=C\C/C=C\CCCCCCCCCC(=O)NC(COP(=O)([O-])OCC[N+](C)(C)C)C(/C=C/CCCCCCCCCCCCC)OC(=O)CCCCCCCCCCCCCCCC. The van der Waals surface area contributed by atoms with Crippen LogP contribution in [-0.4, -0.2) is 69.4 Å². The number of carbonyl (C=O) groups excluding carboxylic acids is 2. The molecular weight excluding hydrogens is 892 g/mol. The van der Waals surface area contributed by atoms with Gasteiger partial charge in [0.1, 0.15) is 19.3 Å². The zero-order chi connectivity index (χ0) is 51.5. The summed E-state index contributed by atoms with van der Waals surface area (Å²) in [6.45, 7) is 6.83. The van der Waals surface area contributed by atoms with Crippen LogP contribution in [0.2, 0.25) is 0 Å². The number of esters is 1. The van der Waals surface area contributed by atoms with Crippen molar-refractivity contribution in [2.75, 3.05) is 40.9 Å². The van der Waals surface area contributed by atoms with E-state index in [0.29, 0.717) is 17.4 Å². The van der Waals surface area contributed by atoms with E-state index in [4.69, 9.17) is 13.8 Å². The lowest BCUT2D eigenvalue weighted by Gasteiger charge is -2.30. The van der Waals surface area contributed by atoms with Crippen LogP contribution >= 0.6 is 7.82 Å². The molecule has 3 atom stereocenters. The van der Waals surface area contributed by atoms with Crippen LogP contribution in [0.5, 0.6) is 0 Å². The molecule has 0 heterocycles. The Morgan fingerprint density at radius 3 is 1.31 bits per heavy atom. The highest BCUT2D eigenvalue weighted by molar-refractivity contribution is 7.45. The first-order valence-corrected chi connectivity index (χ1v) is 31.3. The van der Waals surface area contributed by atoms with E-state index in [1.807, 2.05) is 33.3 Å². The second-order valence-electron chi connectivity index (χ2n) is 21.5. The quantitative estimate of drug-likeness (QED) is 0.0212. The van der Waals surface area contributed by atoms with Gasteiger partial charge in [0.25, 0.3) is 7.82 Å². The van der Waals surface area contributed by atoms with E-state index in [1.54, 1.807) is 0 Å². The van der Waals surface area contributed by atoms with Crippen LogP contribution in [0.1, 0.15) is 284 Å². The number of allylic oxidation sites excluding steroid dienone is 5. The minimum Gasteiger partial charge on any atom is -0.756 e. The number of nitrogens with zero attached hydrogens (tertiary/aromatic N) is 1. The van der Waals surface area contributed by atoms with Crippen molar-refractivity contribution in [3.05, 3.63) is 36.5 Å². The standard InChI is InChI=1S/C60H115N2O7P/c1-7-10-13-16-19-22-25-28-30-31-32-34-37-40-43-46-49-52-59(63)61-57(56-68-70(65,66)67-55-54-62(4,5)6)58(51-48-45-42-39-36-33-27-24-21-18-15-12-9-3)69-60(64)53-50-47-44-41-38-35-29-26-23-20-17-14-11-8-2/h19,22,28,30,48,51,57-58H,7-18,20-21,23-27,29,31-47,49-50,52-56H2,1-6H3,(H-,61,63,65,66)/b22-19-,30-28-,51-48+. The number of likely N-dealkylation sites (N-methyl/N-ethyl adjacent to an activating group) is 1. The fraction of sp³-hybridized carbons (Fsp3) is 0.867. The summed E-state index contributed by atoms with van der Waals surface area (Å²) < 4.78 is 30.3. The molecule has 0 aromatic heterocycles. The van der Waals surface area contributed by atoms with Crippen molar-refractivity contribution in [1.29, 1.82) is 0 Å². The van der Waals surface area contributed by atoms with E-state index in [0.717, 1.165) is 77.0 Å². The molecule has 0 radical (unpaired) electrons. The van der Waals surface area contributed by atoms with Gasteiger partial charge in [-0.2, -0.15) is 0 Å². The van der Waals surface area contributed by atoms with Crippen LogP contribution in [0.25, 0.3) is 0 Å². The van der Waals surface area contributed by atoms with Crippen molar-refractivity contribution < 1.29 is 37.3 Å². The van der Waals surface area contributed by atoms with Crippen LogP contribution in [0.15, 0.2) is 36.5 Å². The van der Waals surface area contributed by atoms with Crippen LogP contribution < -0.4 is 10.2 Å². The Balaban J connectivity index is 5.33. The van der Waals surface area contributed by atoms with Gasteiger partial charge < -0.3 is 28.5 Å². The molecule has 0 saturated carbocycles. The molecule has 9 nitrogen and oxygen atoms in total. The molecule has 0 bridgehead atoms. The third-order valence-electron chi connectivity index (χ3n) is 13.3. The summed E-state index contributed by atoms with van der Waals surface area (Å²) in [5.41, 5.74) is 0. The molecule has 0 saturated heterocycles. The van der Waals surface area contributed by atoms with Gasteiger partial charge in [0, 0.05) is 12.8 Å². The number of carbonyl (C=O) groups is 2. The predicted molar refractivity (Wildman–Crippen MR) is 298 cm³/mol. The number of amides is 1. The molecule has 0 aromatic carbocycles. The Morgan fingerprint density at radius 1 is 0.500 bits per heavy atom. The van der Waals surface area contributed by atoms with E-state index in [-0.39, 0.29) is 31.5 Å². The maximum absolute atomic E-state index is 13.5. The number of phosphoric ester groups is 1. The summed E-state index contributed by atoms with van der Waals surface area (Å²) >= 11 is 0. The molecule has 1 amide bonds.